The molecule has 120 valence electrons. The van der Waals surface area contributed by atoms with Crippen molar-refractivity contribution >= 4 is 11.8 Å². The molecule has 1 rings (SSSR count). The Hall–Kier alpha value is -0.610. The third-order valence-corrected chi connectivity index (χ3v) is 4.58. The van der Waals surface area contributed by atoms with Crippen LogP contribution in [0.5, 0.6) is 0 Å². The summed E-state index contributed by atoms with van der Waals surface area (Å²) in [6, 6.07) is 0. The lowest BCUT2D eigenvalue weighted by Crippen LogP contribution is -2.17. The highest BCUT2D eigenvalue weighted by atomic mass is 32.2. The summed E-state index contributed by atoms with van der Waals surface area (Å²) in [4.78, 5) is 9.40. The zero-order valence-electron chi connectivity index (χ0n) is 14.5. The molecule has 0 fully saturated rings. The van der Waals surface area contributed by atoms with Gasteiger partial charge in [-0.15, -0.1) is 11.8 Å². The number of nitrogens with one attached hydrogen (secondary N) is 1. The molecule has 1 N–H and O–H groups in total. The Morgan fingerprint density at radius 3 is 2.19 bits per heavy atom. The van der Waals surface area contributed by atoms with Gasteiger partial charge in [0.05, 0.1) is 5.75 Å². The number of hydrogen-bond acceptors (Lipinski definition) is 4. The van der Waals surface area contributed by atoms with E-state index in [1.807, 2.05) is 11.8 Å². The predicted molar refractivity (Wildman–Crippen MR) is 94.0 cm³/mol. The zero-order chi connectivity index (χ0) is 15.9. The quantitative estimate of drug-likeness (QED) is 0.735. The van der Waals surface area contributed by atoms with E-state index in [0.29, 0.717) is 0 Å². The number of aromatic nitrogens is 2. The van der Waals surface area contributed by atoms with Gasteiger partial charge in [-0.1, -0.05) is 27.7 Å². The van der Waals surface area contributed by atoms with Crippen LogP contribution in [-0.2, 0) is 12.2 Å². The molecule has 0 unspecified atom stereocenters. The Morgan fingerprint density at radius 2 is 1.67 bits per heavy atom. The lowest BCUT2D eigenvalue weighted by Gasteiger charge is -2.17. The lowest BCUT2D eigenvalue weighted by atomic mass is 10.1. The van der Waals surface area contributed by atoms with Crippen LogP contribution < -0.4 is 5.32 Å². The molecule has 0 spiro atoms. The summed E-state index contributed by atoms with van der Waals surface area (Å²) in [5.41, 5.74) is 3.64. The molecular weight excluding hydrogens is 278 g/mol. The number of hydrogen-bond donors (Lipinski definition) is 1. The first-order chi connectivity index (χ1) is 9.83. The molecule has 0 saturated heterocycles. The monoisotopic (exact) mass is 309 g/mol. The largest absolute Gasteiger partial charge is 0.317 e. The van der Waals surface area contributed by atoms with Crippen LogP contribution in [0.2, 0.25) is 0 Å². The summed E-state index contributed by atoms with van der Waals surface area (Å²) < 4.78 is 0.259. The maximum Gasteiger partial charge on any atom is 0.138 e. The molecule has 21 heavy (non-hydrogen) atoms. The molecule has 0 saturated carbocycles. The Kier molecular flexibility index (Phi) is 7.67. The van der Waals surface area contributed by atoms with Gasteiger partial charge in [0.15, 0.2) is 0 Å². The van der Waals surface area contributed by atoms with E-state index in [1.165, 1.54) is 12.0 Å². The number of aryl methyl sites for hydroxylation is 2. The Bertz CT molecular complexity index is 415. The summed E-state index contributed by atoms with van der Waals surface area (Å²) in [6.07, 6.45) is 3.42. The second-order valence-electron chi connectivity index (χ2n) is 6.54. The Labute approximate surface area is 134 Å². The van der Waals surface area contributed by atoms with Crippen molar-refractivity contribution in [2.24, 2.45) is 0 Å². The first-order valence-electron chi connectivity index (χ1n) is 8.01. The van der Waals surface area contributed by atoms with E-state index >= 15 is 0 Å². The van der Waals surface area contributed by atoms with E-state index in [9.17, 15) is 0 Å². The smallest absolute Gasteiger partial charge is 0.138 e. The van der Waals surface area contributed by atoms with Gasteiger partial charge in [-0.3, -0.25) is 0 Å². The zero-order valence-corrected chi connectivity index (χ0v) is 15.4. The van der Waals surface area contributed by atoms with Crippen LogP contribution in [0.3, 0.4) is 0 Å². The van der Waals surface area contributed by atoms with E-state index in [1.54, 1.807) is 0 Å². The van der Waals surface area contributed by atoms with Gasteiger partial charge in [-0.2, -0.15) is 0 Å². The van der Waals surface area contributed by atoms with Crippen LogP contribution in [0.1, 0.15) is 63.3 Å². The fourth-order valence-corrected chi connectivity index (χ4v) is 2.90. The molecule has 0 radical (unpaired) electrons. The van der Waals surface area contributed by atoms with Crippen molar-refractivity contribution in [3.8, 4) is 0 Å². The van der Waals surface area contributed by atoms with Gasteiger partial charge < -0.3 is 5.32 Å². The van der Waals surface area contributed by atoms with Crippen LogP contribution in [0.15, 0.2) is 0 Å². The molecule has 1 heterocycles. The molecule has 0 aromatic carbocycles. The number of thioether (sulfide) groups is 1. The van der Waals surface area contributed by atoms with E-state index in [2.05, 4.69) is 46.9 Å². The van der Waals surface area contributed by atoms with Crippen molar-refractivity contribution in [1.29, 1.82) is 0 Å². The molecule has 1 aromatic rings. The third-order valence-electron chi connectivity index (χ3n) is 3.31. The van der Waals surface area contributed by atoms with Gasteiger partial charge in [0.1, 0.15) is 5.82 Å². The highest BCUT2D eigenvalue weighted by Gasteiger charge is 2.13. The Morgan fingerprint density at radius 1 is 1.05 bits per heavy atom. The van der Waals surface area contributed by atoms with Crippen LogP contribution in [0.4, 0.5) is 0 Å². The molecule has 0 bridgehead atoms. The summed E-state index contributed by atoms with van der Waals surface area (Å²) in [5, 5.41) is 3.45. The van der Waals surface area contributed by atoms with Crippen molar-refractivity contribution < 1.29 is 0 Å². The fourth-order valence-electron chi connectivity index (χ4n) is 2.21. The molecule has 3 nitrogen and oxygen atoms in total. The molecule has 0 aliphatic carbocycles. The van der Waals surface area contributed by atoms with Crippen LogP contribution in [0, 0.1) is 13.8 Å². The van der Waals surface area contributed by atoms with Gasteiger partial charge in [0, 0.05) is 16.1 Å². The fraction of sp³-hybridized carbons (Fsp3) is 0.765. The van der Waals surface area contributed by atoms with Crippen LogP contribution >= 0.6 is 11.8 Å². The third kappa shape index (κ3) is 7.28. The van der Waals surface area contributed by atoms with Gasteiger partial charge in [0.25, 0.3) is 0 Å². The molecule has 0 amide bonds. The minimum Gasteiger partial charge on any atom is -0.317 e. The molecule has 4 heteroatoms. The van der Waals surface area contributed by atoms with Crippen LogP contribution in [0.25, 0.3) is 0 Å². The summed E-state index contributed by atoms with van der Waals surface area (Å²) >= 11 is 1.90. The normalized spacial score (nSPS) is 11.9. The minimum atomic E-state index is 0.259. The predicted octanol–water partition coefficient (Wildman–Crippen LogP) is 4.06. The van der Waals surface area contributed by atoms with Crippen molar-refractivity contribution in [2.75, 3.05) is 13.1 Å². The molecule has 0 aliphatic heterocycles. The SMILES string of the molecule is CCCNCCCc1c(C)nc(CSC(C)(C)C)nc1C. The number of nitrogens with zero attached hydrogens (tertiary/aromatic N) is 2. The van der Waals surface area contributed by atoms with E-state index in [0.717, 1.165) is 48.9 Å². The van der Waals surface area contributed by atoms with Crippen LogP contribution in [-0.4, -0.2) is 27.8 Å². The van der Waals surface area contributed by atoms with E-state index in [4.69, 9.17) is 9.97 Å². The standard InChI is InChI=1S/C17H31N3S/c1-7-10-18-11-8-9-15-13(2)19-16(20-14(15)3)12-21-17(4,5)6/h18H,7-12H2,1-6H3. The summed E-state index contributed by atoms with van der Waals surface area (Å²) in [5.74, 6) is 1.86. The van der Waals surface area contributed by atoms with Crippen molar-refractivity contribution in [3.05, 3.63) is 22.8 Å². The van der Waals surface area contributed by atoms with Crippen molar-refractivity contribution in [2.45, 2.75) is 71.3 Å². The summed E-state index contributed by atoms with van der Waals surface area (Å²) in [7, 11) is 0. The average Bonchev–Trinajstić information content (AvgIpc) is 2.38. The van der Waals surface area contributed by atoms with Gasteiger partial charge in [-0.25, -0.2) is 9.97 Å². The minimum absolute atomic E-state index is 0.259. The highest BCUT2D eigenvalue weighted by Crippen LogP contribution is 2.26. The second-order valence-corrected chi connectivity index (χ2v) is 8.35. The maximum atomic E-state index is 4.70. The summed E-state index contributed by atoms with van der Waals surface area (Å²) in [6.45, 7) is 15.3. The van der Waals surface area contributed by atoms with E-state index in [-0.39, 0.29) is 4.75 Å². The lowest BCUT2D eigenvalue weighted by molar-refractivity contribution is 0.636. The van der Waals surface area contributed by atoms with Gasteiger partial charge in [-0.05, 0) is 51.8 Å². The van der Waals surface area contributed by atoms with Crippen molar-refractivity contribution in [3.63, 3.8) is 0 Å². The topological polar surface area (TPSA) is 37.8 Å². The van der Waals surface area contributed by atoms with Gasteiger partial charge >= 0.3 is 0 Å². The molecule has 1 aromatic heterocycles. The maximum absolute atomic E-state index is 4.70. The second kappa shape index (κ2) is 8.74. The van der Waals surface area contributed by atoms with E-state index < -0.39 is 0 Å². The molecular formula is C17H31N3S. The first-order valence-corrected chi connectivity index (χ1v) is 8.99. The van der Waals surface area contributed by atoms with Gasteiger partial charge in [0.2, 0.25) is 0 Å². The Balaban J connectivity index is 2.58. The molecule has 0 aliphatic rings. The van der Waals surface area contributed by atoms with Crippen molar-refractivity contribution in [1.82, 2.24) is 15.3 Å². The highest BCUT2D eigenvalue weighted by molar-refractivity contribution is 7.99. The number of rotatable bonds is 8. The molecule has 0 atom stereocenters. The average molecular weight is 310 g/mol. The first kappa shape index (κ1) is 18.4.